The zero-order valence-electron chi connectivity index (χ0n) is 15.2. The van der Waals surface area contributed by atoms with E-state index in [0.717, 1.165) is 11.1 Å². The van der Waals surface area contributed by atoms with E-state index in [1.165, 1.54) is 24.3 Å². The highest BCUT2D eigenvalue weighted by molar-refractivity contribution is 7.92. The molecular weight excluding hydrogens is 350 g/mol. The number of rotatable bonds is 7. The first kappa shape index (κ1) is 19.9. The van der Waals surface area contributed by atoms with Gasteiger partial charge in [0.25, 0.3) is 15.9 Å². The van der Waals surface area contributed by atoms with Crippen molar-refractivity contribution in [2.24, 2.45) is 5.73 Å². The van der Waals surface area contributed by atoms with Gasteiger partial charge in [-0.25, -0.2) is 8.42 Å². The molecule has 0 bridgehead atoms. The SMILES string of the molecule is Cc1ccc(NS(=O)(=O)c2ccc(C(=O)NCCC(C)N)cc2)cc1C. The van der Waals surface area contributed by atoms with Crippen molar-refractivity contribution >= 4 is 21.6 Å². The Morgan fingerprint density at radius 3 is 2.31 bits per heavy atom. The standard InChI is InChI=1S/C19H25N3O3S/c1-13-4-7-17(12-14(13)2)22-26(24,25)18-8-5-16(6-9-18)19(23)21-11-10-15(3)20/h4-9,12,15,22H,10-11,20H2,1-3H3,(H,21,23). The molecule has 2 rings (SSSR count). The summed E-state index contributed by atoms with van der Waals surface area (Å²) in [5.74, 6) is -0.253. The number of amides is 1. The highest BCUT2D eigenvalue weighted by Gasteiger charge is 2.15. The molecule has 1 atom stereocenters. The quantitative estimate of drug-likeness (QED) is 0.692. The number of hydrogen-bond acceptors (Lipinski definition) is 4. The van der Waals surface area contributed by atoms with Crippen LogP contribution in [-0.2, 0) is 10.0 Å². The van der Waals surface area contributed by atoms with Gasteiger partial charge in [0.05, 0.1) is 4.90 Å². The van der Waals surface area contributed by atoms with Crippen molar-refractivity contribution in [2.75, 3.05) is 11.3 Å². The first-order valence-corrected chi connectivity index (χ1v) is 9.91. The molecule has 26 heavy (non-hydrogen) atoms. The minimum Gasteiger partial charge on any atom is -0.352 e. The summed E-state index contributed by atoms with van der Waals surface area (Å²) < 4.78 is 27.6. The molecule has 6 nitrogen and oxygen atoms in total. The van der Waals surface area contributed by atoms with Crippen LogP contribution in [-0.4, -0.2) is 26.9 Å². The van der Waals surface area contributed by atoms with E-state index in [2.05, 4.69) is 10.0 Å². The molecule has 0 radical (unpaired) electrons. The Balaban J connectivity index is 2.08. The van der Waals surface area contributed by atoms with Gasteiger partial charge in [0.1, 0.15) is 0 Å². The molecule has 0 aliphatic heterocycles. The highest BCUT2D eigenvalue weighted by atomic mass is 32.2. The van der Waals surface area contributed by atoms with E-state index in [-0.39, 0.29) is 16.8 Å². The number of anilines is 1. The van der Waals surface area contributed by atoms with Gasteiger partial charge in [-0.2, -0.15) is 0 Å². The Kier molecular flexibility index (Phi) is 6.39. The van der Waals surface area contributed by atoms with E-state index >= 15 is 0 Å². The smallest absolute Gasteiger partial charge is 0.261 e. The van der Waals surface area contributed by atoms with Gasteiger partial charge in [-0.15, -0.1) is 0 Å². The van der Waals surface area contributed by atoms with Gasteiger partial charge in [0, 0.05) is 23.8 Å². The maximum Gasteiger partial charge on any atom is 0.261 e. The first-order valence-electron chi connectivity index (χ1n) is 8.43. The van der Waals surface area contributed by atoms with E-state index in [9.17, 15) is 13.2 Å². The molecule has 2 aromatic carbocycles. The molecular formula is C19H25N3O3S. The van der Waals surface area contributed by atoms with Crippen LogP contribution < -0.4 is 15.8 Å². The van der Waals surface area contributed by atoms with Crippen LogP contribution in [0.15, 0.2) is 47.4 Å². The second-order valence-corrected chi connectivity index (χ2v) is 8.13. The van der Waals surface area contributed by atoms with E-state index < -0.39 is 10.0 Å². The molecule has 0 fully saturated rings. The molecule has 4 N–H and O–H groups in total. The van der Waals surface area contributed by atoms with Gasteiger partial charge < -0.3 is 11.1 Å². The number of carbonyl (C=O) groups excluding carboxylic acids is 1. The maximum absolute atomic E-state index is 12.5. The molecule has 7 heteroatoms. The third-order valence-electron chi connectivity index (χ3n) is 4.07. The second-order valence-electron chi connectivity index (χ2n) is 6.45. The largest absolute Gasteiger partial charge is 0.352 e. The summed E-state index contributed by atoms with van der Waals surface area (Å²) in [6.07, 6.45) is 0.679. The summed E-state index contributed by atoms with van der Waals surface area (Å²) in [7, 11) is -3.71. The van der Waals surface area contributed by atoms with E-state index in [4.69, 9.17) is 5.73 Å². The third-order valence-corrected chi connectivity index (χ3v) is 5.47. The monoisotopic (exact) mass is 375 g/mol. The van der Waals surface area contributed by atoms with Gasteiger partial charge in [-0.1, -0.05) is 6.07 Å². The van der Waals surface area contributed by atoms with Crippen LogP contribution in [0.2, 0.25) is 0 Å². The Bertz CT molecular complexity index is 875. The van der Waals surface area contributed by atoms with Crippen LogP contribution in [0, 0.1) is 13.8 Å². The normalized spacial score (nSPS) is 12.5. The van der Waals surface area contributed by atoms with Crippen LogP contribution >= 0.6 is 0 Å². The average Bonchev–Trinajstić information content (AvgIpc) is 2.57. The number of sulfonamides is 1. The van der Waals surface area contributed by atoms with Crippen molar-refractivity contribution in [3.63, 3.8) is 0 Å². The Morgan fingerprint density at radius 1 is 1.08 bits per heavy atom. The zero-order chi connectivity index (χ0) is 19.3. The molecule has 1 amide bonds. The topological polar surface area (TPSA) is 101 Å². The third kappa shape index (κ3) is 5.31. The lowest BCUT2D eigenvalue weighted by Gasteiger charge is -2.11. The fourth-order valence-electron chi connectivity index (χ4n) is 2.32. The number of aryl methyl sites for hydroxylation is 2. The Morgan fingerprint density at radius 2 is 1.73 bits per heavy atom. The van der Waals surface area contributed by atoms with E-state index in [0.29, 0.717) is 24.2 Å². The molecule has 140 valence electrons. The Hall–Kier alpha value is -2.38. The molecule has 0 spiro atoms. The van der Waals surface area contributed by atoms with Crippen LogP contribution in [0.25, 0.3) is 0 Å². The second kappa shape index (κ2) is 8.33. The van der Waals surface area contributed by atoms with Crippen LogP contribution in [0.3, 0.4) is 0 Å². The van der Waals surface area contributed by atoms with E-state index in [1.54, 1.807) is 12.1 Å². The molecule has 0 aliphatic rings. The molecule has 0 heterocycles. The fourth-order valence-corrected chi connectivity index (χ4v) is 3.37. The lowest BCUT2D eigenvalue weighted by atomic mass is 10.1. The molecule has 0 aromatic heterocycles. The van der Waals surface area contributed by atoms with Crippen LogP contribution in [0.5, 0.6) is 0 Å². The molecule has 0 saturated carbocycles. The number of nitrogens with two attached hydrogens (primary N) is 1. The average molecular weight is 375 g/mol. The van der Waals surface area contributed by atoms with Crippen molar-refractivity contribution in [1.82, 2.24) is 5.32 Å². The van der Waals surface area contributed by atoms with Crippen LogP contribution in [0.4, 0.5) is 5.69 Å². The number of benzene rings is 2. The molecule has 1 unspecified atom stereocenters. The van der Waals surface area contributed by atoms with Crippen molar-refractivity contribution in [1.29, 1.82) is 0 Å². The Labute approximate surface area is 154 Å². The van der Waals surface area contributed by atoms with Crippen molar-refractivity contribution in [3.8, 4) is 0 Å². The number of hydrogen-bond donors (Lipinski definition) is 3. The van der Waals surface area contributed by atoms with E-state index in [1.807, 2.05) is 26.8 Å². The summed E-state index contributed by atoms with van der Waals surface area (Å²) >= 11 is 0. The van der Waals surface area contributed by atoms with Crippen molar-refractivity contribution in [2.45, 2.75) is 38.1 Å². The van der Waals surface area contributed by atoms with Crippen LogP contribution in [0.1, 0.15) is 34.8 Å². The molecule has 2 aromatic rings. The van der Waals surface area contributed by atoms with Gasteiger partial charge >= 0.3 is 0 Å². The van der Waals surface area contributed by atoms with Gasteiger partial charge in [-0.3, -0.25) is 9.52 Å². The van der Waals surface area contributed by atoms with Crippen molar-refractivity contribution in [3.05, 3.63) is 59.2 Å². The number of nitrogens with one attached hydrogen (secondary N) is 2. The zero-order valence-corrected chi connectivity index (χ0v) is 16.1. The summed E-state index contributed by atoms with van der Waals surface area (Å²) in [4.78, 5) is 12.1. The van der Waals surface area contributed by atoms with Gasteiger partial charge in [0.15, 0.2) is 0 Å². The lowest BCUT2D eigenvalue weighted by Crippen LogP contribution is -2.28. The first-order chi connectivity index (χ1) is 12.2. The predicted molar refractivity (Wildman–Crippen MR) is 104 cm³/mol. The summed E-state index contributed by atoms with van der Waals surface area (Å²) in [5, 5.41) is 2.76. The minimum absolute atomic E-state index is 0.0132. The molecule has 0 saturated heterocycles. The molecule has 0 aliphatic carbocycles. The predicted octanol–water partition coefficient (Wildman–Crippen LogP) is 2.57. The fraction of sp³-hybridized carbons (Fsp3) is 0.316. The van der Waals surface area contributed by atoms with Crippen molar-refractivity contribution < 1.29 is 13.2 Å². The van der Waals surface area contributed by atoms with Gasteiger partial charge in [-0.05, 0) is 74.7 Å². The summed E-state index contributed by atoms with van der Waals surface area (Å²) in [6.45, 7) is 6.23. The maximum atomic E-state index is 12.5. The van der Waals surface area contributed by atoms with Gasteiger partial charge in [0.2, 0.25) is 0 Å². The minimum atomic E-state index is -3.71. The summed E-state index contributed by atoms with van der Waals surface area (Å²) in [5.41, 5.74) is 8.64. The number of carbonyl (C=O) groups is 1. The highest BCUT2D eigenvalue weighted by Crippen LogP contribution is 2.19. The summed E-state index contributed by atoms with van der Waals surface area (Å²) in [6, 6.07) is 11.2. The lowest BCUT2D eigenvalue weighted by molar-refractivity contribution is 0.0952.